The maximum atomic E-state index is 11.4. The number of carbonyl (C=O) groups excluding carboxylic acids is 1. The molecule has 7 nitrogen and oxygen atoms in total. The van der Waals surface area contributed by atoms with Crippen LogP contribution in [0.3, 0.4) is 0 Å². The Morgan fingerprint density at radius 2 is 2.32 bits per heavy atom. The molecule has 0 saturated heterocycles. The Morgan fingerprint density at radius 1 is 1.68 bits per heavy atom. The Hall–Kier alpha value is -1.89. The maximum Gasteiger partial charge on any atom is 0.312 e. The first-order valence-electron chi connectivity index (χ1n) is 5.72. The van der Waals surface area contributed by atoms with E-state index in [4.69, 9.17) is 17.3 Å². The van der Waals surface area contributed by atoms with Crippen LogP contribution in [-0.4, -0.2) is 21.9 Å². The highest BCUT2D eigenvalue weighted by molar-refractivity contribution is 6.30. The number of hydrogen-bond acceptors (Lipinski definition) is 5. The fourth-order valence-electron chi connectivity index (χ4n) is 1.56. The minimum atomic E-state index is -0.725. The maximum absolute atomic E-state index is 11.4. The summed E-state index contributed by atoms with van der Waals surface area (Å²) in [5.41, 5.74) is 5.00. The van der Waals surface area contributed by atoms with Crippen LogP contribution >= 0.6 is 11.6 Å². The van der Waals surface area contributed by atoms with Crippen LogP contribution in [0.4, 0.5) is 11.5 Å². The smallest absolute Gasteiger partial charge is 0.312 e. The zero-order valence-electron chi connectivity index (χ0n) is 10.6. The van der Waals surface area contributed by atoms with E-state index >= 15 is 0 Å². The number of aromatic nitrogens is 1. The first-order valence-corrected chi connectivity index (χ1v) is 6.10. The third kappa shape index (κ3) is 3.78. The van der Waals surface area contributed by atoms with Gasteiger partial charge < -0.3 is 11.1 Å². The molecule has 8 heteroatoms. The zero-order valence-corrected chi connectivity index (χ0v) is 11.3. The van der Waals surface area contributed by atoms with Crippen molar-refractivity contribution in [1.82, 2.24) is 4.98 Å². The van der Waals surface area contributed by atoms with E-state index < -0.39 is 16.9 Å². The van der Waals surface area contributed by atoms with Crippen LogP contribution in [0.15, 0.2) is 12.3 Å². The number of pyridine rings is 1. The van der Waals surface area contributed by atoms with Crippen molar-refractivity contribution in [3.8, 4) is 0 Å². The van der Waals surface area contributed by atoms with Crippen LogP contribution in [0, 0.1) is 16.0 Å². The van der Waals surface area contributed by atoms with Gasteiger partial charge in [-0.3, -0.25) is 14.9 Å². The molecule has 1 heterocycles. The SMILES string of the molecule is CCC(C)C(Nc1ncc(Cl)cc1[N+](=O)[O-])C(N)=O. The molecule has 0 aliphatic carbocycles. The van der Waals surface area contributed by atoms with Gasteiger partial charge in [-0.25, -0.2) is 4.98 Å². The third-order valence-corrected chi connectivity index (χ3v) is 3.05. The van der Waals surface area contributed by atoms with Crippen molar-refractivity contribution < 1.29 is 9.72 Å². The molecule has 1 aromatic heterocycles. The number of nitrogens with two attached hydrogens (primary N) is 1. The molecule has 0 aliphatic heterocycles. The lowest BCUT2D eigenvalue weighted by Crippen LogP contribution is -2.40. The Balaban J connectivity index is 3.09. The van der Waals surface area contributed by atoms with Crippen LogP contribution in [0.1, 0.15) is 20.3 Å². The molecule has 0 spiro atoms. The van der Waals surface area contributed by atoms with Crippen molar-refractivity contribution in [3.05, 3.63) is 27.4 Å². The second-order valence-electron chi connectivity index (χ2n) is 4.19. The van der Waals surface area contributed by atoms with Gasteiger partial charge in [0.25, 0.3) is 0 Å². The van der Waals surface area contributed by atoms with Crippen molar-refractivity contribution in [2.75, 3.05) is 5.32 Å². The normalized spacial score (nSPS) is 13.6. The van der Waals surface area contributed by atoms with Crippen molar-refractivity contribution in [2.24, 2.45) is 11.7 Å². The number of rotatable bonds is 6. The Labute approximate surface area is 115 Å². The van der Waals surface area contributed by atoms with E-state index in [1.165, 1.54) is 12.3 Å². The van der Waals surface area contributed by atoms with Crippen LogP contribution < -0.4 is 11.1 Å². The first kappa shape index (κ1) is 15.2. The Bertz CT molecular complexity index is 495. The second kappa shape index (κ2) is 6.33. The molecule has 1 aromatic rings. The van der Waals surface area contributed by atoms with Crippen molar-refractivity contribution in [3.63, 3.8) is 0 Å². The highest BCUT2D eigenvalue weighted by Gasteiger charge is 2.25. The van der Waals surface area contributed by atoms with E-state index in [1.54, 1.807) is 0 Å². The molecule has 3 N–H and O–H groups in total. The minimum absolute atomic E-state index is 0.0153. The zero-order chi connectivity index (χ0) is 14.6. The highest BCUT2D eigenvalue weighted by Crippen LogP contribution is 2.26. The average Bonchev–Trinajstić information content (AvgIpc) is 2.35. The highest BCUT2D eigenvalue weighted by atomic mass is 35.5. The largest absolute Gasteiger partial charge is 0.368 e. The standard InChI is InChI=1S/C11H15ClN4O3/c1-3-6(2)9(10(13)17)15-11-8(16(18)19)4-7(12)5-14-11/h4-6,9H,3H2,1-2H3,(H2,13,17)(H,14,15). The van der Waals surface area contributed by atoms with Crippen molar-refractivity contribution >= 4 is 29.0 Å². The predicted molar refractivity (Wildman–Crippen MR) is 72.0 cm³/mol. The summed E-state index contributed by atoms with van der Waals surface area (Å²) in [6.45, 7) is 3.72. The summed E-state index contributed by atoms with van der Waals surface area (Å²) >= 11 is 5.66. The third-order valence-electron chi connectivity index (χ3n) is 2.84. The van der Waals surface area contributed by atoms with Crippen LogP contribution in [0.25, 0.3) is 0 Å². The van der Waals surface area contributed by atoms with Gasteiger partial charge in [0.2, 0.25) is 11.7 Å². The number of amides is 1. The van der Waals surface area contributed by atoms with E-state index in [1.807, 2.05) is 13.8 Å². The summed E-state index contributed by atoms with van der Waals surface area (Å²) in [5, 5.41) is 13.8. The lowest BCUT2D eigenvalue weighted by atomic mass is 9.98. The molecular formula is C11H15ClN4O3. The molecular weight excluding hydrogens is 272 g/mol. The summed E-state index contributed by atoms with van der Waals surface area (Å²) < 4.78 is 0. The molecule has 0 fully saturated rings. The number of nitrogens with one attached hydrogen (secondary N) is 1. The second-order valence-corrected chi connectivity index (χ2v) is 4.62. The average molecular weight is 287 g/mol. The van der Waals surface area contributed by atoms with Gasteiger partial charge >= 0.3 is 5.69 Å². The molecule has 1 rings (SSSR count). The molecule has 0 aliphatic rings. The quantitative estimate of drug-likeness (QED) is 0.613. The lowest BCUT2D eigenvalue weighted by Gasteiger charge is -2.21. The van der Waals surface area contributed by atoms with Gasteiger partial charge in [-0.2, -0.15) is 0 Å². The lowest BCUT2D eigenvalue weighted by molar-refractivity contribution is -0.384. The monoisotopic (exact) mass is 286 g/mol. The van der Waals surface area contributed by atoms with Gasteiger partial charge in [-0.15, -0.1) is 0 Å². The number of hydrogen-bond donors (Lipinski definition) is 2. The number of nitrogens with zero attached hydrogens (tertiary/aromatic N) is 2. The summed E-state index contributed by atoms with van der Waals surface area (Å²) in [6, 6.07) is 0.448. The van der Waals surface area contributed by atoms with E-state index in [9.17, 15) is 14.9 Å². The fraction of sp³-hybridized carbons (Fsp3) is 0.455. The van der Waals surface area contributed by atoms with E-state index in [0.717, 1.165) is 0 Å². The topological polar surface area (TPSA) is 111 Å². The van der Waals surface area contributed by atoms with E-state index in [-0.39, 0.29) is 22.4 Å². The summed E-state index contributed by atoms with van der Waals surface area (Å²) in [5.74, 6) is -0.673. The molecule has 2 unspecified atom stereocenters. The molecule has 0 radical (unpaired) electrons. The van der Waals surface area contributed by atoms with Gasteiger partial charge in [0.1, 0.15) is 6.04 Å². The van der Waals surface area contributed by atoms with Crippen LogP contribution in [0.5, 0.6) is 0 Å². The van der Waals surface area contributed by atoms with Crippen molar-refractivity contribution in [1.29, 1.82) is 0 Å². The van der Waals surface area contributed by atoms with Gasteiger partial charge in [-0.05, 0) is 5.92 Å². The Morgan fingerprint density at radius 3 is 2.79 bits per heavy atom. The molecule has 0 saturated carbocycles. The number of primary amides is 1. The summed E-state index contributed by atoms with van der Waals surface area (Å²) in [4.78, 5) is 25.5. The minimum Gasteiger partial charge on any atom is -0.368 e. The number of anilines is 1. The number of halogens is 1. The van der Waals surface area contributed by atoms with Crippen LogP contribution in [0.2, 0.25) is 5.02 Å². The Kier molecular flexibility index (Phi) is 5.05. The molecule has 0 bridgehead atoms. The molecule has 104 valence electrons. The number of carbonyl (C=O) groups is 1. The van der Waals surface area contributed by atoms with Gasteiger partial charge in [0, 0.05) is 12.3 Å². The van der Waals surface area contributed by atoms with Gasteiger partial charge in [-0.1, -0.05) is 31.9 Å². The number of nitro groups is 1. The molecule has 0 aromatic carbocycles. The summed E-state index contributed by atoms with van der Waals surface area (Å²) in [7, 11) is 0. The summed E-state index contributed by atoms with van der Waals surface area (Å²) in [6.07, 6.45) is 1.97. The van der Waals surface area contributed by atoms with E-state index in [2.05, 4.69) is 10.3 Å². The molecule has 2 atom stereocenters. The van der Waals surface area contributed by atoms with Crippen molar-refractivity contribution in [2.45, 2.75) is 26.3 Å². The van der Waals surface area contributed by atoms with E-state index in [0.29, 0.717) is 6.42 Å². The fourth-order valence-corrected chi connectivity index (χ4v) is 1.71. The molecule has 1 amide bonds. The predicted octanol–water partition coefficient (Wildman–Crippen LogP) is 1.96. The first-order chi connectivity index (χ1) is 8.86. The van der Waals surface area contributed by atoms with Crippen LogP contribution in [-0.2, 0) is 4.79 Å². The van der Waals surface area contributed by atoms with Gasteiger partial charge in [0.05, 0.1) is 9.95 Å². The van der Waals surface area contributed by atoms with Gasteiger partial charge in [0.15, 0.2) is 0 Å². The molecule has 19 heavy (non-hydrogen) atoms.